The molecule has 14 heteroatoms. The van der Waals surface area contributed by atoms with Gasteiger partial charge in [0.25, 0.3) is 11.8 Å². The number of nitrogens with zero attached hydrogens (tertiary/aromatic N) is 7. The fourth-order valence-corrected chi connectivity index (χ4v) is 6.96. The fraction of sp³-hybridized carbons (Fsp3) is 0.423. The van der Waals surface area contributed by atoms with Gasteiger partial charge in [0.1, 0.15) is 16.9 Å². The van der Waals surface area contributed by atoms with Crippen LogP contribution in [0.3, 0.4) is 0 Å². The minimum atomic E-state index is -0.456. The maximum atomic E-state index is 13.7. The summed E-state index contributed by atoms with van der Waals surface area (Å²) >= 11 is 9.40. The van der Waals surface area contributed by atoms with Gasteiger partial charge in [-0.15, -0.1) is 11.3 Å². The molecule has 0 saturated carbocycles. The Morgan fingerprint density at radius 3 is 2.75 bits per heavy atom. The van der Waals surface area contributed by atoms with Gasteiger partial charge in [-0.05, 0) is 25.1 Å². The van der Waals surface area contributed by atoms with Crippen molar-refractivity contribution in [1.29, 1.82) is 0 Å². The van der Waals surface area contributed by atoms with Crippen LogP contribution in [-0.2, 0) is 16.0 Å². The predicted octanol–water partition coefficient (Wildman–Crippen LogP) is 3.30. The van der Waals surface area contributed by atoms with Gasteiger partial charge in [-0.25, -0.2) is 14.5 Å². The number of aryl methyl sites for hydroxylation is 1. The van der Waals surface area contributed by atoms with E-state index in [1.165, 1.54) is 27.6 Å². The summed E-state index contributed by atoms with van der Waals surface area (Å²) in [6, 6.07) is 4.99. The van der Waals surface area contributed by atoms with E-state index in [4.69, 9.17) is 26.1 Å². The standard InChI is InChI=1S/C26H28ClN7O4S2/c1-15-30-34-22-17(28-26(34)40-15)6-7-33(23(22)19-12-16(14-39-19)25(36)31(2)3)21(35)13-38-18-4-5-20(29-24(18)27)32-8-10-37-11-9-32/h4-5,12,14,23H,6-11,13H2,1-3H3. The topological polar surface area (TPSA) is 105 Å². The Bertz CT molecular complexity index is 1580. The highest BCUT2D eigenvalue weighted by Gasteiger charge is 2.38. The second-order valence-electron chi connectivity index (χ2n) is 9.78. The van der Waals surface area contributed by atoms with Crippen molar-refractivity contribution in [2.45, 2.75) is 19.4 Å². The molecule has 4 aromatic heterocycles. The summed E-state index contributed by atoms with van der Waals surface area (Å²) < 4.78 is 13.1. The number of imidazole rings is 1. The number of halogens is 1. The van der Waals surface area contributed by atoms with Gasteiger partial charge in [0.15, 0.2) is 17.5 Å². The zero-order chi connectivity index (χ0) is 28.0. The summed E-state index contributed by atoms with van der Waals surface area (Å²) in [7, 11) is 3.44. The van der Waals surface area contributed by atoms with E-state index < -0.39 is 6.04 Å². The number of pyridine rings is 1. The Hall–Kier alpha value is -3.26. The number of fused-ring (bicyclic) bond motifs is 3. The highest BCUT2D eigenvalue weighted by atomic mass is 35.5. The van der Waals surface area contributed by atoms with Gasteiger partial charge in [-0.2, -0.15) is 5.10 Å². The molecule has 0 N–H and O–H groups in total. The molecule has 2 amide bonds. The molecule has 1 fully saturated rings. The van der Waals surface area contributed by atoms with E-state index in [1.807, 2.05) is 29.0 Å². The van der Waals surface area contributed by atoms with Gasteiger partial charge in [0.05, 0.1) is 30.2 Å². The molecular formula is C26H28ClN7O4S2. The second-order valence-corrected chi connectivity index (χ2v) is 12.2. The van der Waals surface area contributed by atoms with Crippen molar-refractivity contribution >= 4 is 56.9 Å². The molecule has 0 spiro atoms. The normalized spacial score (nSPS) is 17.2. The van der Waals surface area contributed by atoms with Crippen molar-refractivity contribution in [2.24, 2.45) is 0 Å². The molecule has 6 heterocycles. The summed E-state index contributed by atoms with van der Waals surface area (Å²) in [5.41, 5.74) is 2.34. The molecule has 4 aromatic rings. The maximum absolute atomic E-state index is 13.7. The molecule has 210 valence electrons. The Balaban J connectivity index is 1.27. The molecule has 1 atom stereocenters. The number of hydrogen-bond acceptors (Lipinski definition) is 10. The zero-order valence-corrected chi connectivity index (χ0v) is 24.7. The first-order chi connectivity index (χ1) is 19.3. The van der Waals surface area contributed by atoms with Crippen LogP contribution in [0.25, 0.3) is 4.96 Å². The van der Waals surface area contributed by atoms with Crippen molar-refractivity contribution in [2.75, 3.05) is 58.5 Å². The monoisotopic (exact) mass is 601 g/mol. The summed E-state index contributed by atoms with van der Waals surface area (Å²) in [5.74, 6) is 0.794. The third-order valence-corrected chi connectivity index (χ3v) is 9.00. The van der Waals surface area contributed by atoms with Crippen LogP contribution in [0.4, 0.5) is 5.82 Å². The molecule has 0 aliphatic carbocycles. The van der Waals surface area contributed by atoms with Crippen LogP contribution in [0.2, 0.25) is 5.15 Å². The SMILES string of the molecule is Cc1nn2c3c(nc2s1)CCN(C(=O)COc1ccc(N2CCOCC2)nc1Cl)C3c1cc(C(=O)N(C)C)cs1. The average molecular weight is 602 g/mol. The number of aromatic nitrogens is 4. The maximum Gasteiger partial charge on any atom is 0.261 e. The minimum absolute atomic E-state index is 0.0923. The van der Waals surface area contributed by atoms with Crippen molar-refractivity contribution in [3.05, 3.63) is 55.6 Å². The molecule has 0 radical (unpaired) electrons. The summed E-state index contributed by atoms with van der Waals surface area (Å²) in [5, 5.41) is 7.59. The molecule has 0 bridgehead atoms. The molecular weight excluding hydrogens is 574 g/mol. The predicted molar refractivity (Wildman–Crippen MR) is 153 cm³/mol. The van der Waals surface area contributed by atoms with E-state index in [-0.39, 0.29) is 23.6 Å². The van der Waals surface area contributed by atoms with E-state index in [0.29, 0.717) is 37.5 Å². The van der Waals surface area contributed by atoms with E-state index in [2.05, 4.69) is 15.0 Å². The lowest BCUT2D eigenvalue weighted by Gasteiger charge is -2.34. The Morgan fingerprint density at radius 1 is 1.20 bits per heavy atom. The number of anilines is 1. The zero-order valence-electron chi connectivity index (χ0n) is 22.3. The molecule has 6 rings (SSSR count). The van der Waals surface area contributed by atoms with Crippen molar-refractivity contribution < 1.29 is 19.1 Å². The van der Waals surface area contributed by atoms with Crippen LogP contribution in [0.1, 0.15) is 37.7 Å². The lowest BCUT2D eigenvalue weighted by atomic mass is 10.0. The molecule has 11 nitrogen and oxygen atoms in total. The van der Waals surface area contributed by atoms with Gasteiger partial charge in [0, 0.05) is 50.4 Å². The second kappa shape index (κ2) is 11.0. The number of carbonyl (C=O) groups is 2. The molecule has 0 aromatic carbocycles. The Morgan fingerprint density at radius 2 is 2.00 bits per heavy atom. The van der Waals surface area contributed by atoms with Crippen LogP contribution in [0.5, 0.6) is 5.75 Å². The van der Waals surface area contributed by atoms with Gasteiger partial charge in [0.2, 0.25) is 4.96 Å². The van der Waals surface area contributed by atoms with E-state index in [1.54, 1.807) is 25.1 Å². The average Bonchev–Trinajstić information content (AvgIpc) is 3.66. The number of rotatable bonds is 6. The molecule has 2 aliphatic rings. The van der Waals surface area contributed by atoms with E-state index in [0.717, 1.165) is 45.1 Å². The van der Waals surface area contributed by atoms with E-state index in [9.17, 15) is 9.59 Å². The number of ether oxygens (including phenoxy) is 2. The largest absolute Gasteiger partial charge is 0.481 e. The van der Waals surface area contributed by atoms with E-state index >= 15 is 0 Å². The molecule has 1 saturated heterocycles. The Kier molecular flexibility index (Phi) is 7.38. The number of amides is 2. The first-order valence-corrected chi connectivity index (χ1v) is 14.9. The quantitative estimate of drug-likeness (QED) is 0.310. The number of thiophene rings is 1. The highest BCUT2D eigenvalue weighted by Crippen LogP contribution is 2.39. The van der Waals surface area contributed by atoms with Gasteiger partial charge >= 0.3 is 0 Å². The summed E-state index contributed by atoms with van der Waals surface area (Å²) in [6.07, 6.45) is 0.595. The lowest BCUT2D eigenvalue weighted by Crippen LogP contribution is -2.43. The first kappa shape index (κ1) is 26.9. The number of carbonyl (C=O) groups excluding carboxylic acids is 2. The van der Waals surface area contributed by atoms with Gasteiger partial charge < -0.3 is 24.2 Å². The first-order valence-electron chi connectivity index (χ1n) is 12.9. The van der Waals surface area contributed by atoms with Crippen LogP contribution in [0.15, 0.2) is 23.6 Å². The molecule has 1 unspecified atom stereocenters. The molecule has 40 heavy (non-hydrogen) atoms. The van der Waals surface area contributed by atoms with Gasteiger partial charge in [-0.3, -0.25) is 9.59 Å². The third kappa shape index (κ3) is 5.02. The third-order valence-electron chi connectivity index (χ3n) is 6.92. The molecule has 2 aliphatic heterocycles. The lowest BCUT2D eigenvalue weighted by molar-refractivity contribution is -0.135. The van der Waals surface area contributed by atoms with Gasteiger partial charge in [-0.1, -0.05) is 22.9 Å². The minimum Gasteiger partial charge on any atom is -0.481 e. The Labute approximate surface area is 243 Å². The van der Waals surface area contributed by atoms with Crippen LogP contribution in [-0.4, -0.2) is 94.7 Å². The van der Waals surface area contributed by atoms with Crippen molar-refractivity contribution in [3.8, 4) is 5.75 Å². The number of morpholine rings is 1. The summed E-state index contributed by atoms with van der Waals surface area (Å²) in [6.45, 7) is 4.95. The van der Waals surface area contributed by atoms with Crippen LogP contribution >= 0.6 is 34.3 Å². The fourth-order valence-electron chi connectivity index (χ4n) is 5.00. The van der Waals surface area contributed by atoms with Crippen LogP contribution < -0.4 is 9.64 Å². The summed E-state index contributed by atoms with van der Waals surface area (Å²) in [4.78, 5) is 42.7. The van der Waals surface area contributed by atoms with Crippen molar-refractivity contribution in [1.82, 2.24) is 29.4 Å². The smallest absolute Gasteiger partial charge is 0.261 e. The number of hydrogen-bond donors (Lipinski definition) is 0. The van der Waals surface area contributed by atoms with Crippen LogP contribution in [0, 0.1) is 6.92 Å². The highest BCUT2D eigenvalue weighted by molar-refractivity contribution is 7.16. The van der Waals surface area contributed by atoms with Crippen molar-refractivity contribution in [3.63, 3.8) is 0 Å².